The van der Waals surface area contributed by atoms with Crippen molar-refractivity contribution in [1.29, 1.82) is 0 Å². The molecule has 1 unspecified atom stereocenters. The van der Waals surface area contributed by atoms with E-state index < -0.39 is 10.0 Å². The van der Waals surface area contributed by atoms with Crippen LogP contribution < -0.4 is 10.4 Å². The first-order valence-corrected chi connectivity index (χ1v) is 11.1. The molecule has 2 aromatic rings. The summed E-state index contributed by atoms with van der Waals surface area (Å²) in [5.74, 6) is 0.712. The third-order valence-electron chi connectivity index (χ3n) is 5.01. The number of likely N-dealkylation sites (N-methyl/N-ethyl adjacent to an activating group) is 1. The average molecular weight is 428 g/mol. The maximum Gasteiger partial charge on any atom is 0.345 e. The number of benzene rings is 1. The lowest BCUT2D eigenvalue weighted by atomic mass is 10.1. The van der Waals surface area contributed by atoms with E-state index in [1.165, 1.54) is 4.68 Å². The summed E-state index contributed by atoms with van der Waals surface area (Å²) in [6.07, 6.45) is 1.67. The van der Waals surface area contributed by atoms with Crippen LogP contribution in [0.2, 0.25) is 5.02 Å². The standard InChI is InChI=1S/C18H26ClN5O3S/c1-13-15(19)5-4-6-16(13)28(26,27)21-14-7-8-17-20-24(12-11-22(2)3)18(25)23(17)10-9-14/h4-6,14,21H,7-12H2,1-3H3. The molecule has 0 spiro atoms. The van der Waals surface area contributed by atoms with Crippen LogP contribution in [0, 0.1) is 6.92 Å². The quantitative estimate of drug-likeness (QED) is 0.749. The summed E-state index contributed by atoms with van der Waals surface area (Å²) < 4.78 is 31.5. The molecule has 2 heterocycles. The van der Waals surface area contributed by atoms with E-state index in [1.807, 2.05) is 19.0 Å². The van der Waals surface area contributed by atoms with Gasteiger partial charge in [0.05, 0.1) is 11.4 Å². The van der Waals surface area contributed by atoms with Gasteiger partial charge in [-0.3, -0.25) is 4.57 Å². The molecular weight excluding hydrogens is 402 g/mol. The molecule has 10 heteroatoms. The third-order valence-corrected chi connectivity index (χ3v) is 7.08. The largest absolute Gasteiger partial charge is 0.345 e. The van der Waals surface area contributed by atoms with Crippen LogP contribution in [0.25, 0.3) is 0 Å². The van der Waals surface area contributed by atoms with Crippen LogP contribution in [0.5, 0.6) is 0 Å². The second-order valence-corrected chi connectivity index (χ2v) is 9.47. The molecule has 1 N–H and O–H groups in total. The first-order valence-electron chi connectivity index (χ1n) is 9.27. The maximum absolute atomic E-state index is 12.8. The highest BCUT2D eigenvalue weighted by Gasteiger charge is 2.26. The summed E-state index contributed by atoms with van der Waals surface area (Å²) in [7, 11) is 0.209. The fourth-order valence-electron chi connectivity index (χ4n) is 3.35. The summed E-state index contributed by atoms with van der Waals surface area (Å²) in [5, 5.41) is 4.86. The number of sulfonamides is 1. The smallest absolute Gasteiger partial charge is 0.308 e. The Balaban J connectivity index is 1.72. The van der Waals surface area contributed by atoms with Gasteiger partial charge in [0.1, 0.15) is 5.82 Å². The molecule has 0 bridgehead atoms. The summed E-state index contributed by atoms with van der Waals surface area (Å²) >= 11 is 6.07. The number of halogens is 1. The first kappa shape index (κ1) is 21.0. The number of rotatable bonds is 6. The van der Waals surface area contributed by atoms with Crippen molar-refractivity contribution in [2.45, 2.75) is 50.2 Å². The van der Waals surface area contributed by atoms with Gasteiger partial charge in [0.2, 0.25) is 10.0 Å². The Morgan fingerprint density at radius 3 is 2.79 bits per heavy atom. The number of nitrogens with zero attached hydrogens (tertiary/aromatic N) is 4. The van der Waals surface area contributed by atoms with Crippen molar-refractivity contribution < 1.29 is 8.42 Å². The molecule has 1 aliphatic rings. The van der Waals surface area contributed by atoms with Crippen LogP contribution in [0.15, 0.2) is 27.9 Å². The monoisotopic (exact) mass is 427 g/mol. The van der Waals surface area contributed by atoms with Crippen molar-refractivity contribution >= 4 is 21.6 Å². The molecule has 1 aromatic carbocycles. The molecule has 1 atom stereocenters. The summed E-state index contributed by atoms with van der Waals surface area (Å²) in [5.41, 5.74) is 0.396. The van der Waals surface area contributed by atoms with Gasteiger partial charge in [-0.1, -0.05) is 17.7 Å². The van der Waals surface area contributed by atoms with E-state index in [4.69, 9.17) is 11.6 Å². The molecule has 0 aliphatic carbocycles. The Labute approximate surface area is 170 Å². The third kappa shape index (κ3) is 4.48. The maximum atomic E-state index is 12.8. The lowest BCUT2D eigenvalue weighted by molar-refractivity contribution is 0.367. The molecule has 0 saturated heterocycles. The van der Waals surface area contributed by atoms with E-state index in [2.05, 4.69) is 9.82 Å². The van der Waals surface area contributed by atoms with Gasteiger partial charge < -0.3 is 4.90 Å². The molecular formula is C18H26ClN5O3S. The van der Waals surface area contributed by atoms with Crippen molar-refractivity contribution in [3.63, 3.8) is 0 Å². The summed E-state index contributed by atoms with van der Waals surface area (Å²) in [6, 6.07) is 4.58. The Morgan fingerprint density at radius 2 is 2.07 bits per heavy atom. The van der Waals surface area contributed by atoms with Crippen LogP contribution in [0.3, 0.4) is 0 Å². The van der Waals surface area contributed by atoms with Gasteiger partial charge >= 0.3 is 5.69 Å². The fourth-order valence-corrected chi connectivity index (χ4v) is 5.15. The molecule has 8 nitrogen and oxygen atoms in total. The lowest BCUT2D eigenvalue weighted by Crippen LogP contribution is -2.36. The van der Waals surface area contributed by atoms with Crippen molar-refractivity contribution in [3.05, 3.63) is 45.1 Å². The molecule has 1 aliphatic heterocycles. The van der Waals surface area contributed by atoms with E-state index in [9.17, 15) is 13.2 Å². The van der Waals surface area contributed by atoms with Gasteiger partial charge in [0.25, 0.3) is 0 Å². The minimum Gasteiger partial charge on any atom is -0.308 e. The minimum absolute atomic E-state index is 0.133. The highest BCUT2D eigenvalue weighted by molar-refractivity contribution is 7.89. The zero-order valence-electron chi connectivity index (χ0n) is 16.4. The van der Waals surface area contributed by atoms with Gasteiger partial charge in [0, 0.05) is 30.6 Å². The van der Waals surface area contributed by atoms with Crippen molar-refractivity contribution in [1.82, 2.24) is 24.0 Å². The number of aryl methyl sites for hydroxylation is 1. The highest BCUT2D eigenvalue weighted by atomic mass is 35.5. The van der Waals surface area contributed by atoms with E-state index in [0.29, 0.717) is 48.8 Å². The van der Waals surface area contributed by atoms with E-state index in [0.717, 1.165) is 6.54 Å². The predicted octanol–water partition coefficient (Wildman–Crippen LogP) is 1.25. The van der Waals surface area contributed by atoms with Gasteiger partial charge in [0.15, 0.2) is 0 Å². The van der Waals surface area contributed by atoms with Crippen molar-refractivity contribution in [2.75, 3.05) is 20.6 Å². The summed E-state index contributed by atoms with van der Waals surface area (Å²) in [4.78, 5) is 14.8. The van der Waals surface area contributed by atoms with Crippen LogP contribution in [-0.4, -0.2) is 54.3 Å². The Bertz CT molecular complexity index is 1010. The molecule has 3 rings (SSSR count). The van der Waals surface area contributed by atoms with Gasteiger partial charge in [-0.2, -0.15) is 5.10 Å². The Kier molecular flexibility index (Phi) is 6.28. The Hall–Kier alpha value is -1.68. The molecule has 28 heavy (non-hydrogen) atoms. The number of hydrogen-bond donors (Lipinski definition) is 1. The van der Waals surface area contributed by atoms with Gasteiger partial charge in [-0.15, -0.1) is 0 Å². The molecule has 0 radical (unpaired) electrons. The van der Waals surface area contributed by atoms with Crippen molar-refractivity contribution in [3.8, 4) is 0 Å². The highest BCUT2D eigenvalue weighted by Crippen LogP contribution is 2.23. The lowest BCUT2D eigenvalue weighted by Gasteiger charge is -2.17. The van der Waals surface area contributed by atoms with Crippen LogP contribution in [0.4, 0.5) is 0 Å². The summed E-state index contributed by atoms with van der Waals surface area (Å²) in [6.45, 7) is 3.40. The minimum atomic E-state index is -3.69. The molecule has 0 saturated carbocycles. The van der Waals surface area contributed by atoms with Crippen LogP contribution >= 0.6 is 11.6 Å². The van der Waals surface area contributed by atoms with E-state index in [-0.39, 0.29) is 16.6 Å². The topological polar surface area (TPSA) is 89.2 Å². The second kappa shape index (κ2) is 8.36. The van der Waals surface area contributed by atoms with Gasteiger partial charge in [-0.25, -0.2) is 22.6 Å². The number of hydrogen-bond acceptors (Lipinski definition) is 5. The number of aromatic nitrogens is 3. The SMILES string of the molecule is Cc1c(Cl)cccc1S(=O)(=O)NC1CCc2nn(CCN(C)C)c(=O)n2CC1. The number of fused-ring (bicyclic) bond motifs is 1. The van der Waals surface area contributed by atoms with Crippen LogP contribution in [-0.2, 0) is 29.5 Å². The molecule has 154 valence electrons. The van der Waals surface area contributed by atoms with E-state index >= 15 is 0 Å². The number of nitrogens with one attached hydrogen (secondary N) is 1. The normalized spacial score (nSPS) is 17.5. The molecule has 0 amide bonds. The van der Waals surface area contributed by atoms with E-state index in [1.54, 1.807) is 29.7 Å². The fraction of sp³-hybridized carbons (Fsp3) is 0.556. The zero-order chi connectivity index (χ0) is 20.5. The first-order chi connectivity index (χ1) is 13.2. The second-order valence-electron chi connectivity index (χ2n) is 7.39. The van der Waals surface area contributed by atoms with Gasteiger partial charge in [-0.05, 0) is 51.6 Å². The molecule has 0 fully saturated rings. The van der Waals surface area contributed by atoms with Crippen molar-refractivity contribution in [2.24, 2.45) is 0 Å². The molecule has 1 aromatic heterocycles. The van der Waals surface area contributed by atoms with Crippen LogP contribution in [0.1, 0.15) is 24.2 Å². The average Bonchev–Trinajstić information content (AvgIpc) is 2.79. The Morgan fingerprint density at radius 1 is 1.32 bits per heavy atom. The predicted molar refractivity (Wildman–Crippen MR) is 108 cm³/mol. The zero-order valence-corrected chi connectivity index (χ0v) is 17.9.